The van der Waals surface area contributed by atoms with Gasteiger partial charge >= 0.3 is 5.97 Å². The van der Waals surface area contributed by atoms with Gasteiger partial charge in [0.2, 0.25) is 5.71 Å². The van der Waals surface area contributed by atoms with E-state index in [2.05, 4.69) is 15.3 Å². The molecule has 0 aliphatic rings. The number of aryl methyl sites for hydroxylation is 1. The second-order valence-corrected chi connectivity index (χ2v) is 3.87. The first-order valence-electron chi connectivity index (χ1n) is 5.80. The van der Waals surface area contributed by atoms with Crippen molar-refractivity contribution in [2.24, 2.45) is 10.8 Å². The van der Waals surface area contributed by atoms with Crippen LogP contribution >= 0.6 is 0 Å². The largest absolute Gasteiger partial charge is 0.469 e. The van der Waals surface area contributed by atoms with Gasteiger partial charge in [-0.1, -0.05) is 12.1 Å². The molecular weight excluding hydrogens is 258 g/mol. The van der Waals surface area contributed by atoms with Crippen LogP contribution in [0.4, 0.5) is 5.69 Å². The molecule has 1 aromatic carbocycles. The van der Waals surface area contributed by atoms with Gasteiger partial charge in [-0.2, -0.15) is 10.4 Å². The molecular formula is C13H15N5O2. The standard InChI is InChI=1S/C13H15N5O2/c1-20-12(19)6-5-9-3-2-4-10(7-9)17-18-11(8-14)13(15)16/h2-4,7,17H,5-6H2,1H3,(H3,15,16)/b18-11+. The maximum absolute atomic E-state index is 11.1. The molecule has 0 bridgehead atoms. The van der Waals surface area contributed by atoms with E-state index in [4.69, 9.17) is 16.4 Å². The molecule has 0 aliphatic heterocycles. The van der Waals surface area contributed by atoms with Crippen LogP contribution in [0.3, 0.4) is 0 Å². The summed E-state index contributed by atoms with van der Waals surface area (Å²) in [4.78, 5) is 11.1. The third-order valence-corrected chi connectivity index (χ3v) is 2.43. The molecule has 0 aliphatic carbocycles. The Balaban J connectivity index is 2.71. The quantitative estimate of drug-likeness (QED) is 0.309. The summed E-state index contributed by atoms with van der Waals surface area (Å²) in [7, 11) is 1.35. The van der Waals surface area contributed by atoms with Gasteiger partial charge in [0.05, 0.1) is 12.8 Å². The number of hydrogen-bond donors (Lipinski definition) is 3. The van der Waals surface area contributed by atoms with E-state index in [9.17, 15) is 4.79 Å². The maximum atomic E-state index is 11.1. The van der Waals surface area contributed by atoms with Crippen molar-refractivity contribution in [2.75, 3.05) is 12.5 Å². The van der Waals surface area contributed by atoms with Crippen molar-refractivity contribution in [1.82, 2.24) is 0 Å². The van der Waals surface area contributed by atoms with Gasteiger partial charge in [0.25, 0.3) is 0 Å². The molecule has 104 valence electrons. The molecule has 0 amide bonds. The maximum Gasteiger partial charge on any atom is 0.305 e. The van der Waals surface area contributed by atoms with Crippen molar-refractivity contribution >= 4 is 23.2 Å². The lowest BCUT2D eigenvalue weighted by atomic mass is 10.1. The third-order valence-electron chi connectivity index (χ3n) is 2.43. The van der Waals surface area contributed by atoms with Crippen molar-refractivity contribution in [1.29, 1.82) is 10.7 Å². The summed E-state index contributed by atoms with van der Waals surface area (Å²) in [6.45, 7) is 0. The number of carbonyl (C=O) groups is 1. The van der Waals surface area contributed by atoms with Crippen LogP contribution < -0.4 is 11.2 Å². The fourth-order valence-electron chi connectivity index (χ4n) is 1.41. The number of rotatable bonds is 6. The van der Waals surface area contributed by atoms with E-state index in [1.165, 1.54) is 7.11 Å². The Morgan fingerprint density at radius 3 is 2.95 bits per heavy atom. The number of benzene rings is 1. The van der Waals surface area contributed by atoms with Crippen LogP contribution in [-0.4, -0.2) is 24.6 Å². The van der Waals surface area contributed by atoms with E-state index in [0.29, 0.717) is 18.5 Å². The van der Waals surface area contributed by atoms with E-state index < -0.39 is 5.84 Å². The number of ether oxygens (including phenoxy) is 1. The summed E-state index contributed by atoms with van der Waals surface area (Å²) >= 11 is 0. The number of anilines is 1. The van der Waals surface area contributed by atoms with Crippen LogP contribution in [0.5, 0.6) is 0 Å². The zero-order chi connectivity index (χ0) is 15.0. The highest BCUT2D eigenvalue weighted by Gasteiger charge is 2.03. The van der Waals surface area contributed by atoms with Crippen LogP contribution in [0.2, 0.25) is 0 Å². The molecule has 0 atom stereocenters. The molecule has 0 fully saturated rings. The lowest BCUT2D eigenvalue weighted by Gasteiger charge is -2.05. The Morgan fingerprint density at radius 1 is 1.60 bits per heavy atom. The number of hydrogen-bond acceptors (Lipinski definition) is 6. The van der Waals surface area contributed by atoms with Gasteiger partial charge in [-0.05, 0) is 24.1 Å². The summed E-state index contributed by atoms with van der Waals surface area (Å²) in [6.07, 6.45) is 0.837. The Morgan fingerprint density at radius 2 is 2.35 bits per heavy atom. The normalized spacial score (nSPS) is 10.5. The van der Waals surface area contributed by atoms with Crippen LogP contribution in [0, 0.1) is 16.7 Å². The van der Waals surface area contributed by atoms with Crippen molar-refractivity contribution in [3.05, 3.63) is 29.8 Å². The number of carbonyl (C=O) groups excluding carboxylic acids is 1. The summed E-state index contributed by atoms with van der Waals surface area (Å²) in [5.41, 5.74) is 9.20. The van der Waals surface area contributed by atoms with E-state index >= 15 is 0 Å². The topological polar surface area (TPSA) is 124 Å². The second-order valence-electron chi connectivity index (χ2n) is 3.87. The average Bonchev–Trinajstić information content (AvgIpc) is 2.45. The molecule has 0 saturated heterocycles. The fraction of sp³-hybridized carbons (Fsp3) is 0.231. The number of nitrogens with two attached hydrogens (primary N) is 1. The highest BCUT2D eigenvalue weighted by Crippen LogP contribution is 2.12. The summed E-state index contributed by atoms with van der Waals surface area (Å²) < 4.78 is 4.57. The summed E-state index contributed by atoms with van der Waals surface area (Å²) in [5, 5.41) is 19.6. The number of esters is 1. The zero-order valence-corrected chi connectivity index (χ0v) is 11.0. The number of hydrazone groups is 1. The van der Waals surface area contributed by atoms with Gasteiger partial charge in [0.1, 0.15) is 6.07 Å². The first kappa shape index (κ1) is 15.2. The number of methoxy groups -OCH3 is 1. The Kier molecular flexibility index (Phi) is 5.72. The molecule has 0 radical (unpaired) electrons. The van der Waals surface area contributed by atoms with Gasteiger partial charge < -0.3 is 10.5 Å². The molecule has 7 heteroatoms. The van der Waals surface area contributed by atoms with E-state index in [1.54, 1.807) is 24.3 Å². The monoisotopic (exact) mass is 273 g/mol. The van der Waals surface area contributed by atoms with Crippen LogP contribution in [0.25, 0.3) is 0 Å². The predicted octanol–water partition coefficient (Wildman–Crippen LogP) is 1.02. The molecule has 0 unspecified atom stereocenters. The second kappa shape index (κ2) is 7.53. The number of amidine groups is 1. The molecule has 1 aromatic rings. The Labute approximate surface area is 116 Å². The van der Waals surface area contributed by atoms with Crippen molar-refractivity contribution in [3.8, 4) is 6.07 Å². The van der Waals surface area contributed by atoms with Crippen LogP contribution in [0.15, 0.2) is 29.4 Å². The molecule has 0 saturated carbocycles. The molecule has 20 heavy (non-hydrogen) atoms. The fourth-order valence-corrected chi connectivity index (χ4v) is 1.41. The molecule has 0 aromatic heterocycles. The van der Waals surface area contributed by atoms with Crippen LogP contribution in [0.1, 0.15) is 12.0 Å². The number of nitriles is 1. The van der Waals surface area contributed by atoms with Crippen molar-refractivity contribution in [2.45, 2.75) is 12.8 Å². The van der Waals surface area contributed by atoms with Crippen molar-refractivity contribution in [3.63, 3.8) is 0 Å². The molecule has 0 heterocycles. The molecule has 1 rings (SSSR count). The van der Waals surface area contributed by atoms with Crippen LogP contribution in [-0.2, 0) is 16.0 Å². The Bertz CT molecular complexity index is 574. The van der Waals surface area contributed by atoms with E-state index in [-0.39, 0.29) is 11.7 Å². The first-order chi connectivity index (χ1) is 9.56. The van der Waals surface area contributed by atoms with Gasteiger partial charge in [-0.25, -0.2) is 0 Å². The highest BCUT2D eigenvalue weighted by atomic mass is 16.5. The minimum Gasteiger partial charge on any atom is -0.469 e. The Hall–Kier alpha value is -2.88. The minimum atomic E-state index is -0.401. The zero-order valence-electron chi connectivity index (χ0n) is 11.0. The highest BCUT2D eigenvalue weighted by molar-refractivity contribution is 6.45. The number of nitrogens with zero attached hydrogens (tertiary/aromatic N) is 2. The molecule has 7 nitrogen and oxygen atoms in total. The first-order valence-corrected chi connectivity index (χ1v) is 5.80. The summed E-state index contributed by atoms with van der Waals surface area (Å²) in [6, 6.07) is 8.92. The van der Waals surface area contributed by atoms with Crippen molar-refractivity contribution < 1.29 is 9.53 Å². The van der Waals surface area contributed by atoms with Gasteiger partial charge in [-0.15, -0.1) is 0 Å². The van der Waals surface area contributed by atoms with Gasteiger partial charge in [0.15, 0.2) is 5.84 Å². The average molecular weight is 273 g/mol. The van der Waals surface area contributed by atoms with Gasteiger partial charge in [0, 0.05) is 6.42 Å². The van der Waals surface area contributed by atoms with E-state index in [0.717, 1.165) is 5.56 Å². The minimum absolute atomic E-state index is 0.190. The number of nitrogens with one attached hydrogen (secondary N) is 2. The smallest absolute Gasteiger partial charge is 0.305 e. The van der Waals surface area contributed by atoms with E-state index in [1.807, 2.05) is 6.07 Å². The summed E-state index contributed by atoms with van der Waals surface area (Å²) in [5.74, 6) is -0.674. The van der Waals surface area contributed by atoms with Gasteiger partial charge in [-0.3, -0.25) is 15.6 Å². The third kappa shape index (κ3) is 4.78. The lowest BCUT2D eigenvalue weighted by Crippen LogP contribution is -2.21. The molecule has 0 spiro atoms. The lowest BCUT2D eigenvalue weighted by molar-refractivity contribution is -0.140. The molecule has 4 N–H and O–H groups in total. The predicted molar refractivity (Wildman–Crippen MR) is 75.4 cm³/mol. The SMILES string of the molecule is COC(=O)CCc1cccc(N/N=C(\C#N)C(=N)N)c1.